The van der Waals surface area contributed by atoms with Crippen molar-refractivity contribution < 1.29 is 0 Å². The Balaban J connectivity index is 2.32. The van der Waals surface area contributed by atoms with E-state index in [1.165, 1.54) is 16.7 Å². The molecule has 0 bridgehead atoms. The van der Waals surface area contributed by atoms with Crippen LogP contribution in [0.5, 0.6) is 0 Å². The zero-order chi connectivity index (χ0) is 13.0. The molecular formula is C16H18ClN. The quantitative estimate of drug-likeness (QED) is 0.852. The Morgan fingerprint density at radius 2 is 1.83 bits per heavy atom. The van der Waals surface area contributed by atoms with Gasteiger partial charge in [-0.3, -0.25) is 0 Å². The number of hydrogen-bond acceptors (Lipinski definition) is 1. The minimum Gasteiger partial charge on any atom is -0.310 e. The highest BCUT2D eigenvalue weighted by molar-refractivity contribution is 6.30. The molecule has 0 spiro atoms. The van der Waals surface area contributed by atoms with Crippen LogP contribution in [0.25, 0.3) is 11.1 Å². The highest BCUT2D eigenvalue weighted by Gasteiger charge is 2.05. The van der Waals surface area contributed by atoms with Crippen molar-refractivity contribution in [2.24, 2.45) is 0 Å². The largest absolute Gasteiger partial charge is 0.310 e. The fraction of sp³-hybridized carbons (Fsp3) is 0.250. The normalized spacial score (nSPS) is 10.9. The summed E-state index contributed by atoms with van der Waals surface area (Å²) in [4.78, 5) is 0. The van der Waals surface area contributed by atoms with Gasteiger partial charge in [-0.1, -0.05) is 61.8 Å². The molecule has 2 aromatic rings. The maximum Gasteiger partial charge on any atom is 0.0412 e. The number of hydrogen-bond donors (Lipinski definition) is 1. The zero-order valence-corrected chi connectivity index (χ0v) is 11.5. The lowest BCUT2D eigenvalue weighted by Crippen LogP contribution is -2.22. The molecule has 0 amide bonds. The van der Waals surface area contributed by atoms with Crippen molar-refractivity contribution in [1.82, 2.24) is 5.32 Å². The third kappa shape index (κ3) is 3.34. The van der Waals surface area contributed by atoms with Gasteiger partial charge >= 0.3 is 0 Å². The number of halogens is 1. The van der Waals surface area contributed by atoms with Crippen molar-refractivity contribution in [2.45, 2.75) is 26.4 Å². The van der Waals surface area contributed by atoms with Crippen LogP contribution in [0.4, 0.5) is 0 Å². The van der Waals surface area contributed by atoms with Crippen molar-refractivity contribution in [3.8, 4) is 11.1 Å². The van der Waals surface area contributed by atoms with Gasteiger partial charge in [0.1, 0.15) is 0 Å². The van der Waals surface area contributed by atoms with Crippen molar-refractivity contribution in [3.63, 3.8) is 0 Å². The molecule has 0 fully saturated rings. The summed E-state index contributed by atoms with van der Waals surface area (Å²) < 4.78 is 0. The van der Waals surface area contributed by atoms with Crippen LogP contribution in [0.1, 0.15) is 19.4 Å². The van der Waals surface area contributed by atoms with E-state index < -0.39 is 0 Å². The molecule has 2 rings (SSSR count). The van der Waals surface area contributed by atoms with Gasteiger partial charge in [-0.05, 0) is 28.8 Å². The van der Waals surface area contributed by atoms with Gasteiger partial charge in [0.05, 0.1) is 0 Å². The second-order valence-electron chi connectivity index (χ2n) is 4.70. The highest BCUT2D eigenvalue weighted by atomic mass is 35.5. The summed E-state index contributed by atoms with van der Waals surface area (Å²) in [6.07, 6.45) is 0. The molecular weight excluding hydrogens is 242 g/mol. The average Bonchev–Trinajstić information content (AvgIpc) is 2.36. The second-order valence-corrected chi connectivity index (χ2v) is 5.14. The van der Waals surface area contributed by atoms with Crippen LogP contribution in [-0.4, -0.2) is 6.04 Å². The lowest BCUT2D eigenvalue weighted by Gasteiger charge is -2.13. The van der Waals surface area contributed by atoms with E-state index >= 15 is 0 Å². The first-order valence-corrected chi connectivity index (χ1v) is 6.62. The first-order chi connectivity index (χ1) is 8.66. The molecule has 0 radical (unpaired) electrons. The minimum atomic E-state index is 0.484. The third-order valence-corrected chi connectivity index (χ3v) is 3.09. The van der Waals surface area contributed by atoms with Crippen LogP contribution in [0, 0.1) is 0 Å². The average molecular weight is 260 g/mol. The first kappa shape index (κ1) is 13.1. The fourth-order valence-corrected chi connectivity index (χ4v) is 2.12. The molecule has 0 aliphatic rings. The van der Waals surface area contributed by atoms with E-state index in [4.69, 9.17) is 11.6 Å². The van der Waals surface area contributed by atoms with Crippen molar-refractivity contribution in [2.75, 3.05) is 0 Å². The predicted octanol–water partition coefficient (Wildman–Crippen LogP) is 4.51. The molecule has 2 aromatic carbocycles. The summed E-state index contributed by atoms with van der Waals surface area (Å²) in [7, 11) is 0. The summed E-state index contributed by atoms with van der Waals surface area (Å²) in [6.45, 7) is 5.18. The number of rotatable bonds is 4. The molecule has 0 aliphatic heterocycles. The topological polar surface area (TPSA) is 12.0 Å². The molecule has 2 heteroatoms. The Labute approximate surface area is 114 Å². The van der Waals surface area contributed by atoms with Crippen molar-refractivity contribution in [3.05, 3.63) is 59.1 Å². The monoisotopic (exact) mass is 259 g/mol. The summed E-state index contributed by atoms with van der Waals surface area (Å²) in [5.41, 5.74) is 3.71. The number of benzene rings is 2. The van der Waals surface area contributed by atoms with Crippen LogP contribution >= 0.6 is 11.6 Å². The standard InChI is InChI=1S/C16H18ClN/c1-12(2)18-11-14-6-3-4-9-16(14)13-7-5-8-15(17)10-13/h3-10,12,18H,11H2,1-2H3. The molecule has 94 valence electrons. The summed E-state index contributed by atoms with van der Waals surface area (Å²) in [5.74, 6) is 0. The maximum absolute atomic E-state index is 6.06. The fourth-order valence-electron chi connectivity index (χ4n) is 1.93. The molecule has 0 aromatic heterocycles. The van der Waals surface area contributed by atoms with Gasteiger partial charge in [0.2, 0.25) is 0 Å². The molecule has 1 N–H and O–H groups in total. The summed E-state index contributed by atoms with van der Waals surface area (Å²) >= 11 is 6.06. The molecule has 18 heavy (non-hydrogen) atoms. The SMILES string of the molecule is CC(C)NCc1ccccc1-c1cccc(Cl)c1. The maximum atomic E-state index is 6.06. The molecule has 1 nitrogen and oxygen atoms in total. The molecule has 0 aliphatic carbocycles. The molecule has 0 saturated heterocycles. The minimum absolute atomic E-state index is 0.484. The third-order valence-electron chi connectivity index (χ3n) is 2.85. The van der Waals surface area contributed by atoms with Crippen LogP contribution < -0.4 is 5.32 Å². The lowest BCUT2D eigenvalue weighted by atomic mass is 9.99. The molecule has 0 unspecified atom stereocenters. The Morgan fingerprint density at radius 1 is 1.06 bits per heavy atom. The van der Waals surface area contributed by atoms with Gasteiger partial charge in [-0.15, -0.1) is 0 Å². The van der Waals surface area contributed by atoms with Crippen LogP contribution in [0.15, 0.2) is 48.5 Å². The van der Waals surface area contributed by atoms with Gasteiger partial charge < -0.3 is 5.32 Å². The highest BCUT2D eigenvalue weighted by Crippen LogP contribution is 2.26. The van der Waals surface area contributed by atoms with Crippen LogP contribution in [0.2, 0.25) is 5.02 Å². The first-order valence-electron chi connectivity index (χ1n) is 6.24. The van der Waals surface area contributed by atoms with Gasteiger partial charge in [0.25, 0.3) is 0 Å². The predicted molar refractivity (Wildman–Crippen MR) is 78.9 cm³/mol. The van der Waals surface area contributed by atoms with E-state index in [2.05, 4.69) is 49.5 Å². The van der Waals surface area contributed by atoms with Gasteiger partial charge in [-0.2, -0.15) is 0 Å². The van der Waals surface area contributed by atoms with Crippen molar-refractivity contribution in [1.29, 1.82) is 0 Å². The van der Waals surface area contributed by atoms with E-state index in [0.29, 0.717) is 6.04 Å². The summed E-state index contributed by atoms with van der Waals surface area (Å²) in [5, 5.41) is 4.23. The Hall–Kier alpha value is -1.31. The second kappa shape index (κ2) is 6.03. The summed E-state index contributed by atoms with van der Waals surface area (Å²) in [6, 6.07) is 16.9. The van der Waals surface area contributed by atoms with E-state index in [1.807, 2.05) is 18.2 Å². The van der Waals surface area contributed by atoms with Gasteiger partial charge in [0.15, 0.2) is 0 Å². The lowest BCUT2D eigenvalue weighted by molar-refractivity contribution is 0.589. The smallest absolute Gasteiger partial charge is 0.0412 e. The van der Waals surface area contributed by atoms with Gasteiger partial charge in [-0.25, -0.2) is 0 Å². The van der Waals surface area contributed by atoms with Crippen LogP contribution in [0.3, 0.4) is 0 Å². The Kier molecular flexibility index (Phi) is 4.40. The van der Waals surface area contributed by atoms with Gasteiger partial charge in [0, 0.05) is 17.6 Å². The zero-order valence-electron chi connectivity index (χ0n) is 10.8. The number of nitrogens with one attached hydrogen (secondary N) is 1. The molecule has 0 saturated carbocycles. The van der Waals surface area contributed by atoms with E-state index in [1.54, 1.807) is 0 Å². The molecule has 0 atom stereocenters. The molecule has 0 heterocycles. The Morgan fingerprint density at radius 3 is 2.56 bits per heavy atom. The van der Waals surface area contributed by atoms with E-state index in [0.717, 1.165) is 11.6 Å². The van der Waals surface area contributed by atoms with Crippen molar-refractivity contribution >= 4 is 11.6 Å². The van der Waals surface area contributed by atoms with E-state index in [-0.39, 0.29) is 0 Å². The van der Waals surface area contributed by atoms with Crippen LogP contribution in [-0.2, 0) is 6.54 Å². The Bertz CT molecular complexity index is 520. The van der Waals surface area contributed by atoms with E-state index in [9.17, 15) is 0 Å².